The molecule has 0 saturated carbocycles. The van der Waals surface area contributed by atoms with Crippen molar-refractivity contribution in [2.75, 3.05) is 26.3 Å². The van der Waals surface area contributed by atoms with Crippen LogP contribution in [-0.2, 0) is 9.53 Å². The van der Waals surface area contributed by atoms with Crippen LogP contribution < -0.4 is 0 Å². The smallest absolute Gasteiger partial charge is 0.251 e. The molecule has 4 heteroatoms. The molecular formula is C8H15NO3. The SMILES string of the molecule is CC[C@H](O)C(=O)N1CCOCC1. The van der Waals surface area contributed by atoms with E-state index >= 15 is 0 Å². The van der Waals surface area contributed by atoms with Crippen molar-refractivity contribution in [2.45, 2.75) is 19.4 Å². The lowest BCUT2D eigenvalue weighted by molar-refractivity contribution is -0.144. The summed E-state index contributed by atoms with van der Waals surface area (Å²) in [5, 5.41) is 9.25. The number of carbonyl (C=O) groups is 1. The van der Waals surface area contributed by atoms with Crippen LogP contribution in [0.2, 0.25) is 0 Å². The monoisotopic (exact) mass is 173 g/mol. The van der Waals surface area contributed by atoms with Gasteiger partial charge in [-0.2, -0.15) is 0 Å². The third kappa shape index (κ3) is 2.19. The van der Waals surface area contributed by atoms with E-state index in [0.717, 1.165) is 0 Å². The molecule has 1 fully saturated rings. The van der Waals surface area contributed by atoms with Crippen LogP contribution in [0.5, 0.6) is 0 Å². The summed E-state index contributed by atoms with van der Waals surface area (Å²) in [4.78, 5) is 13.0. The van der Waals surface area contributed by atoms with E-state index in [1.54, 1.807) is 11.8 Å². The van der Waals surface area contributed by atoms with Gasteiger partial charge < -0.3 is 14.7 Å². The zero-order chi connectivity index (χ0) is 8.97. The Morgan fingerprint density at radius 2 is 2.17 bits per heavy atom. The van der Waals surface area contributed by atoms with E-state index in [2.05, 4.69) is 0 Å². The third-order valence-electron chi connectivity index (χ3n) is 1.99. The minimum atomic E-state index is -0.830. The molecule has 4 nitrogen and oxygen atoms in total. The summed E-state index contributed by atoms with van der Waals surface area (Å²) in [5.74, 6) is -0.166. The van der Waals surface area contributed by atoms with E-state index in [9.17, 15) is 9.90 Å². The molecule has 0 aromatic rings. The summed E-state index contributed by atoms with van der Waals surface area (Å²) in [6, 6.07) is 0. The molecule has 0 unspecified atom stereocenters. The van der Waals surface area contributed by atoms with E-state index in [4.69, 9.17) is 4.74 Å². The quantitative estimate of drug-likeness (QED) is 0.619. The van der Waals surface area contributed by atoms with Crippen molar-refractivity contribution in [3.8, 4) is 0 Å². The summed E-state index contributed by atoms with van der Waals surface area (Å²) in [5.41, 5.74) is 0. The molecule has 12 heavy (non-hydrogen) atoms. The first-order valence-corrected chi connectivity index (χ1v) is 4.30. The van der Waals surface area contributed by atoms with E-state index in [1.807, 2.05) is 0 Å². The molecule has 0 radical (unpaired) electrons. The normalized spacial score (nSPS) is 20.7. The minimum Gasteiger partial charge on any atom is -0.383 e. The molecule has 1 aliphatic rings. The maximum absolute atomic E-state index is 11.3. The summed E-state index contributed by atoms with van der Waals surface area (Å²) >= 11 is 0. The minimum absolute atomic E-state index is 0.166. The van der Waals surface area contributed by atoms with Crippen molar-refractivity contribution >= 4 is 5.91 Å². The lowest BCUT2D eigenvalue weighted by Gasteiger charge is -2.28. The second-order valence-electron chi connectivity index (χ2n) is 2.86. The van der Waals surface area contributed by atoms with Crippen LogP contribution >= 0.6 is 0 Å². The number of aliphatic hydroxyl groups is 1. The molecule has 0 aromatic carbocycles. The topological polar surface area (TPSA) is 49.8 Å². The van der Waals surface area contributed by atoms with Crippen molar-refractivity contribution in [1.82, 2.24) is 4.90 Å². The van der Waals surface area contributed by atoms with Gasteiger partial charge in [0.05, 0.1) is 13.2 Å². The molecule has 1 atom stereocenters. The van der Waals surface area contributed by atoms with Gasteiger partial charge in [0, 0.05) is 13.1 Å². The molecule has 0 spiro atoms. The van der Waals surface area contributed by atoms with Gasteiger partial charge in [-0.3, -0.25) is 4.79 Å². The Bertz CT molecular complexity index is 154. The van der Waals surface area contributed by atoms with Gasteiger partial charge in [0.1, 0.15) is 6.10 Å². The fourth-order valence-electron chi connectivity index (χ4n) is 1.17. The largest absolute Gasteiger partial charge is 0.383 e. The summed E-state index contributed by atoms with van der Waals surface area (Å²) in [6.07, 6.45) is -0.348. The van der Waals surface area contributed by atoms with Gasteiger partial charge in [0.2, 0.25) is 0 Å². The number of carbonyl (C=O) groups excluding carboxylic acids is 1. The Hall–Kier alpha value is -0.610. The van der Waals surface area contributed by atoms with Gasteiger partial charge >= 0.3 is 0 Å². The first kappa shape index (κ1) is 9.48. The molecule has 0 aromatic heterocycles. The summed E-state index contributed by atoms with van der Waals surface area (Å²) in [6.45, 7) is 4.18. The fourth-order valence-corrected chi connectivity index (χ4v) is 1.17. The van der Waals surface area contributed by atoms with Crippen LogP contribution in [0.25, 0.3) is 0 Å². The predicted molar refractivity (Wildman–Crippen MR) is 43.7 cm³/mol. The molecule has 1 N–H and O–H groups in total. The molecule has 1 rings (SSSR count). The zero-order valence-electron chi connectivity index (χ0n) is 7.32. The van der Waals surface area contributed by atoms with Crippen LogP contribution in [0.15, 0.2) is 0 Å². The highest BCUT2D eigenvalue weighted by Gasteiger charge is 2.21. The van der Waals surface area contributed by atoms with Crippen LogP contribution in [0.4, 0.5) is 0 Å². The molecule has 1 saturated heterocycles. The molecule has 70 valence electrons. The maximum Gasteiger partial charge on any atom is 0.251 e. The highest BCUT2D eigenvalue weighted by atomic mass is 16.5. The Morgan fingerprint density at radius 3 is 2.67 bits per heavy atom. The predicted octanol–water partition coefficient (Wildman–Crippen LogP) is -0.384. The molecule has 1 heterocycles. The first-order chi connectivity index (χ1) is 5.75. The molecule has 0 bridgehead atoms. The number of nitrogens with zero attached hydrogens (tertiary/aromatic N) is 1. The van der Waals surface area contributed by atoms with Crippen molar-refractivity contribution in [3.63, 3.8) is 0 Å². The van der Waals surface area contributed by atoms with Crippen LogP contribution in [0.3, 0.4) is 0 Å². The van der Waals surface area contributed by atoms with Gasteiger partial charge in [0.15, 0.2) is 0 Å². The number of aliphatic hydroxyl groups excluding tert-OH is 1. The average molecular weight is 173 g/mol. The summed E-state index contributed by atoms with van der Waals surface area (Å²) in [7, 11) is 0. The Balaban J connectivity index is 2.39. The van der Waals surface area contributed by atoms with E-state index in [0.29, 0.717) is 32.7 Å². The Kier molecular flexibility index (Phi) is 3.49. The maximum atomic E-state index is 11.3. The van der Waals surface area contributed by atoms with Gasteiger partial charge in [0.25, 0.3) is 5.91 Å². The Labute approximate surface area is 72.1 Å². The van der Waals surface area contributed by atoms with Crippen molar-refractivity contribution in [3.05, 3.63) is 0 Å². The van der Waals surface area contributed by atoms with E-state index in [-0.39, 0.29) is 5.91 Å². The molecular weight excluding hydrogens is 158 g/mol. The average Bonchev–Trinajstić information content (AvgIpc) is 2.17. The molecule has 1 amide bonds. The third-order valence-corrected chi connectivity index (χ3v) is 1.99. The second kappa shape index (κ2) is 4.42. The number of morpholine rings is 1. The first-order valence-electron chi connectivity index (χ1n) is 4.30. The number of ether oxygens (including phenoxy) is 1. The van der Waals surface area contributed by atoms with Gasteiger partial charge in [-0.05, 0) is 6.42 Å². The lowest BCUT2D eigenvalue weighted by Crippen LogP contribution is -2.45. The number of rotatable bonds is 2. The highest BCUT2D eigenvalue weighted by Crippen LogP contribution is 2.02. The molecule has 0 aliphatic carbocycles. The molecule has 1 aliphatic heterocycles. The van der Waals surface area contributed by atoms with E-state index in [1.165, 1.54) is 0 Å². The highest BCUT2D eigenvalue weighted by molar-refractivity contribution is 5.80. The van der Waals surface area contributed by atoms with Crippen LogP contribution in [0, 0.1) is 0 Å². The standard InChI is InChI=1S/C8H15NO3/c1-2-7(10)8(11)9-3-5-12-6-4-9/h7,10H,2-6H2,1H3/t7-/m0/s1. The second-order valence-corrected chi connectivity index (χ2v) is 2.86. The number of hydrogen-bond acceptors (Lipinski definition) is 3. The van der Waals surface area contributed by atoms with Crippen molar-refractivity contribution < 1.29 is 14.6 Å². The van der Waals surface area contributed by atoms with Gasteiger partial charge in [-0.25, -0.2) is 0 Å². The summed E-state index contributed by atoms with van der Waals surface area (Å²) < 4.78 is 5.09. The van der Waals surface area contributed by atoms with Crippen LogP contribution in [0.1, 0.15) is 13.3 Å². The zero-order valence-corrected chi connectivity index (χ0v) is 7.32. The lowest BCUT2D eigenvalue weighted by atomic mass is 10.2. The number of hydrogen-bond donors (Lipinski definition) is 1. The van der Waals surface area contributed by atoms with Gasteiger partial charge in [-0.1, -0.05) is 6.92 Å². The number of amides is 1. The van der Waals surface area contributed by atoms with Crippen LogP contribution in [-0.4, -0.2) is 48.3 Å². The van der Waals surface area contributed by atoms with Gasteiger partial charge in [-0.15, -0.1) is 0 Å². The van der Waals surface area contributed by atoms with E-state index < -0.39 is 6.10 Å². The van der Waals surface area contributed by atoms with Crippen molar-refractivity contribution in [2.24, 2.45) is 0 Å². The fraction of sp³-hybridized carbons (Fsp3) is 0.875. The van der Waals surface area contributed by atoms with Crippen molar-refractivity contribution in [1.29, 1.82) is 0 Å². The Morgan fingerprint density at radius 1 is 1.58 bits per heavy atom.